The van der Waals surface area contributed by atoms with Gasteiger partial charge >= 0.3 is 0 Å². The van der Waals surface area contributed by atoms with Crippen molar-refractivity contribution < 1.29 is 4.79 Å². The number of rotatable bonds is 3. The van der Waals surface area contributed by atoms with E-state index in [0.29, 0.717) is 17.1 Å². The van der Waals surface area contributed by atoms with E-state index < -0.39 is 0 Å². The molecule has 0 radical (unpaired) electrons. The Kier molecular flexibility index (Phi) is 4.84. The molecule has 4 heteroatoms. The largest absolute Gasteiger partial charge is 0.337 e. The molecule has 20 heavy (non-hydrogen) atoms. The van der Waals surface area contributed by atoms with E-state index >= 15 is 0 Å². The number of amides is 1. The van der Waals surface area contributed by atoms with Crippen LogP contribution in [0.5, 0.6) is 0 Å². The number of carbonyl (C=O) groups is 1. The average molecular weight is 353 g/mol. The molecule has 0 aliphatic carbocycles. The van der Waals surface area contributed by atoms with Crippen LogP contribution in [0, 0.1) is 6.92 Å². The number of hydrogen-bond acceptors (Lipinski definition) is 1. The molecule has 2 aromatic carbocycles. The molecule has 0 aliphatic heterocycles. The highest BCUT2D eigenvalue weighted by Crippen LogP contribution is 2.27. The van der Waals surface area contributed by atoms with Crippen molar-refractivity contribution in [2.24, 2.45) is 0 Å². The lowest BCUT2D eigenvalue weighted by atomic mass is 10.1. The van der Waals surface area contributed by atoms with Crippen LogP contribution in [0.2, 0.25) is 5.02 Å². The second-order valence-corrected chi connectivity index (χ2v) is 5.98. The fourth-order valence-corrected chi connectivity index (χ4v) is 2.60. The van der Waals surface area contributed by atoms with Crippen molar-refractivity contribution in [1.82, 2.24) is 4.90 Å². The molecule has 0 spiro atoms. The van der Waals surface area contributed by atoms with E-state index in [2.05, 4.69) is 22.0 Å². The summed E-state index contributed by atoms with van der Waals surface area (Å²) in [5.41, 5.74) is 2.80. The van der Waals surface area contributed by atoms with Gasteiger partial charge in [0.15, 0.2) is 0 Å². The average Bonchev–Trinajstić information content (AvgIpc) is 2.41. The first kappa shape index (κ1) is 15.1. The topological polar surface area (TPSA) is 20.3 Å². The Labute approximate surface area is 132 Å². The monoisotopic (exact) mass is 351 g/mol. The number of carbonyl (C=O) groups excluding carboxylic acids is 1. The fraction of sp³-hybridized carbons (Fsp3) is 0.188. The SMILES string of the molecule is Cc1cccc(CN(C)C(=O)c2cccc(Br)c2Cl)c1. The molecule has 0 heterocycles. The van der Waals surface area contributed by atoms with Crippen LogP contribution >= 0.6 is 27.5 Å². The van der Waals surface area contributed by atoms with Gasteiger partial charge in [-0.15, -0.1) is 0 Å². The number of hydrogen-bond donors (Lipinski definition) is 0. The first-order valence-corrected chi connectivity index (χ1v) is 7.41. The van der Waals surface area contributed by atoms with Gasteiger partial charge in [0.1, 0.15) is 0 Å². The molecule has 0 bridgehead atoms. The highest BCUT2D eigenvalue weighted by molar-refractivity contribution is 9.10. The molecule has 0 unspecified atom stereocenters. The summed E-state index contributed by atoms with van der Waals surface area (Å²) in [4.78, 5) is 14.1. The van der Waals surface area contributed by atoms with Crippen LogP contribution in [-0.2, 0) is 6.54 Å². The molecule has 0 fully saturated rings. The summed E-state index contributed by atoms with van der Waals surface area (Å²) in [7, 11) is 1.78. The molecular formula is C16H15BrClNO. The van der Waals surface area contributed by atoms with Crippen molar-refractivity contribution in [3.8, 4) is 0 Å². The molecule has 0 N–H and O–H groups in total. The Morgan fingerprint density at radius 1 is 1.25 bits per heavy atom. The third kappa shape index (κ3) is 3.41. The molecular weight excluding hydrogens is 338 g/mol. The van der Waals surface area contributed by atoms with Gasteiger partial charge in [-0.3, -0.25) is 4.79 Å². The van der Waals surface area contributed by atoms with Crippen LogP contribution in [0.25, 0.3) is 0 Å². The molecule has 0 saturated carbocycles. The van der Waals surface area contributed by atoms with Gasteiger partial charge in [0.05, 0.1) is 10.6 Å². The Bertz CT molecular complexity index is 642. The van der Waals surface area contributed by atoms with Gasteiger partial charge in [-0.25, -0.2) is 0 Å². The zero-order valence-corrected chi connectivity index (χ0v) is 13.7. The molecule has 1 amide bonds. The van der Waals surface area contributed by atoms with E-state index in [0.717, 1.165) is 10.0 Å². The number of halogens is 2. The van der Waals surface area contributed by atoms with Crippen LogP contribution in [0.4, 0.5) is 0 Å². The Morgan fingerprint density at radius 3 is 2.65 bits per heavy atom. The molecule has 2 nitrogen and oxygen atoms in total. The predicted octanol–water partition coefficient (Wildman–Crippen LogP) is 4.68. The lowest BCUT2D eigenvalue weighted by Gasteiger charge is -2.18. The first-order valence-electron chi connectivity index (χ1n) is 6.24. The molecule has 2 aromatic rings. The van der Waals surface area contributed by atoms with Gasteiger partial charge in [0.2, 0.25) is 0 Å². The zero-order chi connectivity index (χ0) is 14.7. The van der Waals surface area contributed by atoms with Crippen molar-refractivity contribution >= 4 is 33.4 Å². The summed E-state index contributed by atoms with van der Waals surface area (Å²) in [6.07, 6.45) is 0. The van der Waals surface area contributed by atoms with Crippen molar-refractivity contribution in [3.63, 3.8) is 0 Å². The number of nitrogens with zero attached hydrogens (tertiary/aromatic N) is 1. The molecule has 0 saturated heterocycles. The van der Waals surface area contributed by atoms with Crippen LogP contribution in [-0.4, -0.2) is 17.9 Å². The first-order chi connectivity index (χ1) is 9.49. The van der Waals surface area contributed by atoms with Crippen LogP contribution in [0.15, 0.2) is 46.9 Å². The molecule has 0 aliphatic rings. The van der Waals surface area contributed by atoms with E-state index in [4.69, 9.17) is 11.6 Å². The van der Waals surface area contributed by atoms with E-state index in [1.54, 1.807) is 18.0 Å². The van der Waals surface area contributed by atoms with Crippen LogP contribution in [0.1, 0.15) is 21.5 Å². The van der Waals surface area contributed by atoms with E-state index in [-0.39, 0.29) is 5.91 Å². The Hall–Kier alpha value is -1.32. The fourth-order valence-electron chi connectivity index (χ4n) is 2.03. The smallest absolute Gasteiger partial charge is 0.255 e. The molecule has 0 atom stereocenters. The molecule has 2 rings (SSSR count). The van der Waals surface area contributed by atoms with Crippen molar-refractivity contribution in [1.29, 1.82) is 0 Å². The number of aryl methyl sites for hydroxylation is 1. The second-order valence-electron chi connectivity index (χ2n) is 4.75. The lowest BCUT2D eigenvalue weighted by molar-refractivity contribution is 0.0785. The Balaban J connectivity index is 2.19. The highest BCUT2D eigenvalue weighted by Gasteiger charge is 2.16. The van der Waals surface area contributed by atoms with E-state index in [1.807, 2.05) is 37.3 Å². The van der Waals surface area contributed by atoms with Crippen LogP contribution in [0.3, 0.4) is 0 Å². The van der Waals surface area contributed by atoms with Gasteiger partial charge in [-0.1, -0.05) is 47.5 Å². The second kappa shape index (κ2) is 6.42. The zero-order valence-electron chi connectivity index (χ0n) is 11.4. The maximum atomic E-state index is 12.4. The third-order valence-electron chi connectivity index (χ3n) is 3.03. The van der Waals surface area contributed by atoms with E-state index in [9.17, 15) is 4.79 Å². The standard InChI is InChI=1S/C16H15BrClNO/c1-11-5-3-6-12(9-11)10-19(2)16(20)13-7-4-8-14(17)15(13)18/h3-9H,10H2,1-2H3. The number of benzene rings is 2. The normalized spacial score (nSPS) is 10.4. The van der Waals surface area contributed by atoms with E-state index in [1.165, 1.54) is 5.56 Å². The van der Waals surface area contributed by atoms with Gasteiger partial charge in [-0.05, 0) is 40.5 Å². The van der Waals surface area contributed by atoms with Gasteiger partial charge in [0, 0.05) is 18.1 Å². The molecule has 104 valence electrons. The summed E-state index contributed by atoms with van der Waals surface area (Å²) in [5, 5.41) is 0.452. The summed E-state index contributed by atoms with van der Waals surface area (Å²) in [6.45, 7) is 2.60. The molecule has 0 aromatic heterocycles. The maximum Gasteiger partial charge on any atom is 0.255 e. The minimum absolute atomic E-state index is 0.0854. The van der Waals surface area contributed by atoms with Gasteiger partial charge in [0.25, 0.3) is 5.91 Å². The quantitative estimate of drug-likeness (QED) is 0.785. The maximum absolute atomic E-state index is 12.4. The predicted molar refractivity (Wildman–Crippen MR) is 86.1 cm³/mol. The highest BCUT2D eigenvalue weighted by atomic mass is 79.9. The van der Waals surface area contributed by atoms with Gasteiger partial charge in [-0.2, -0.15) is 0 Å². The third-order valence-corrected chi connectivity index (χ3v) is 4.33. The van der Waals surface area contributed by atoms with Crippen molar-refractivity contribution in [2.45, 2.75) is 13.5 Å². The summed E-state index contributed by atoms with van der Waals surface area (Å²) >= 11 is 9.50. The summed E-state index contributed by atoms with van der Waals surface area (Å²) < 4.78 is 0.731. The summed E-state index contributed by atoms with van der Waals surface area (Å²) in [6, 6.07) is 13.5. The van der Waals surface area contributed by atoms with Crippen molar-refractivity contribution in [2.75, 3.05) is 7.05 Å². The minimum Gasteiger partial charge on any atom is -0.337 e. The summed E-state index contributed by atoms with van der Waals surface area (Å²) in [5.74, 6) is -0.0854. The lowest BCUT2D eigenvalue weighted by Crippen LogP contribution is -2.26. The van der Waals surface area contributed by atoms with Crippen LogP contribution < -0.4 is 0 Å². The van der Waals surface area contributed by atoms with Crippen molar-refractivity contribution in [3.05, 3.63) is 68.7 Å². The minimum atomic E-state index is -0.0854. The van der Waals surface area contributed by atoms with Gasteiger partial charge < -0.3 is 4.90 Å². The Morgan fingerprint density at radius 2 is 1.95 bits per heavy atom.